The van der Waals surface area contributed by atoms with E-state index in [1.165, 1.54) is 51.4 Å². The zero-order valence-corrected chi connectivity index (χ0v) is 8.89. The summed E-state index contributed by atoms with van der Waals surface area (Å²) in [6.07, 6.45) is 14.2. The van der Waals surface area contributed by atoms with E-state index in [9.17, 15) is 0 Å². The Hall–Kier alpha value is -0.260. The van der Waals surface area contributed by atoms with Gasteiger partial charge in [0.05, 0.1) is 0 Å². The maximum absolute atomic E-state index is 2.58. The molecule has 0 amide bonds. The van der Waals surface area contributed by atoms with Crippen LogP contribution in [0, 0.1) is 11.8 Å². The molecule has 2 atom stereocenters. The predicted octanol–water partition coefficient (Wildman–Crippen LogP) is 4.31. The van der Waals surface area contributed by atoms with Gasteiger partial charge in [-0.25, -0.2) is 0 Å². The van der Waals surface area contributed by atoms with Crippen LogP contribution in [0.15, 0.2) is 11.6 Å². The summed E-state index contributed by atoms with van der Waals surface area (Å²) in [5.41, 5.74) is 1.86. The van der Waals surface area contributed by atoms with E-state index in [1.54, 1.807) is 0 Å². The first-order chi connectivity index (χ1) is 6.42. The van der Waals surface area contributed by atoms with E-state index in [0.29, 0.717) is 0 Å². The van der Waals surface area contributed by atoms with Crippen molar-refractivity contribution in [3.63, 3.8) is 0 Å². The van der Waals surface area contributed by atoms with E-state index in [1.807, 2.05) is 5.57 Å². The zero-order chi connectivity index (χ0) is 9.10. The predicted molar refractivity (Wildman–Crippen MR) is 57.7 cm³/mol. The third kappa shape index (κ3) is 1.98. The van der Waals surface area contributed by atoms with Gasteiger partial charge >= 0.3 is 0 Å². The van der Waals surface area contributed by atoms with Crippen molar-refractivity contribution in [1.29, 1.82) is 0 Å². The zero-order valence-electron chi connectivity index (χ0n) is 8.89. The highest BCUT2D eigenvalue weighted by Crippen LogP contribution is 2.41. The van der Waals surface area contributed by atoms with Crippen molar-refractivity contribution in [1.82, 2.24) is 0 Å². The smallest absolute Gasteiger partial charge is 0.0200 e. The lowest BCUT2D eigenvalue weighted by Gasteiger charge is -2.35. The third-order valence-corrected chi connectivity index (χ3v) is 3.82. The lowest BCUT2D eigenvalue weighted by molar-refractivity contribution is 0.320. The first kappa shape index (κ1) is 9.30. The van der Waals surface area contributed by atoms with Crippen LogP contribution in [-0.2, 0) is 0 Å². The van der Waals surface area contributed by atoms with E-state index in [-0.39, 0.29) is 0 Å². The normalized spacial score (nSPS) is 33.8. The second-order valence-corrected chi connectivity index (χ2v) is 4.75. The van der Waals surface area contributed by atoms with Crippen molar-refractivity contribution < 1.29 is 0 Å². The molecule has 0 aliphatic heterocycles. The summed E-state index contributed by atoms with van der Waals surface area (Å²) >= 11 is 0. The van der Waals surface area contributed by atoms with Gasteiger partial charge in [-0.15, -0.1) is 0 Å². The highest BCUT2D eigenvalue weighted by atomic mass is 14.3. The number of hydrogen-bond acceptors (Lipinski definition) is 0. The van der Waals surface area contributed by atoms with Gasteiger partial charge in [0.15, 0.2) is 0 Å². The Morgan fingerprint density at radius 1 is 1.23 bits per heavy atom. The van der Waals surface area contributed by atoms with Crippen LogP contribution in [0.1, 0.15) is 58.3 Å². The summed E-state index contributed by atoms with van der Waals surface area (Å²) in [6, 6.07) is 0. The Labute approximate surface area is 82.4 Å². The van der Waals surface area contributed by atoms with Gasteiger partial charge in [0.2, 0.25) is 0 Å². The van der Waals surface area contributed by atoms with Crippen molar-refractivity contribution in [3.05, 3.63) is 11.6 Å². The van der Waals surface area contributed by atoms with E-state index in [2.05, 4.69) is 13.0 Å². The molecule has 2 rings (SSSR count). The molecule has 0 heteroatoms. The van der Waals surface area contributed by atoms with E-state index >= 15 is 0 Å². The van der Waals surface area contributed by atoms with Gasteiger partial charge < -0.3 is 0 Å². The van der Waals surface area contributed by atoms with E-state index < -0.39 is 0 Å². The first-order valence-electron chi connectivity index (χ1n) is 6.11. The van der Waals surface area contributed by atoms with Gasteiger partial charge in [0.1, 0.15) is 0 Å². The molecule has 0 heterocycles. The summed E-state index contributed by atoms with van der Waals surface area (Å²) in [5, 5.41) is 0. The third-order valence-electron chi connectivity index (χ3n) is 3.82. The molecule has 1 fully saturated rings. The number of hydrogen-bond donors (Lipinski definition) is 0. The monoisotopic (exact) mass is 178 g/mol. The minimum absolute atomic E-state index is 0.976. The summed E-state index contributed by atoms with van der Waals surface area (Å²) in [4.78, 5) is 0. The molecule has 0 aromatic rings. The minimum atomic E-state index is 0.976. The van der Waals surface area contributed by atoms with E-state index in [4.69, 9.17) is 0 Å². The molecule has 2 unspecified atom stereocenters. The van der Waals surface area contributed by atoms with Gasteiger partial charge in [0.25, 0.3) is 0 Å². The van der Waals surface area contributed by atoms with Crippen LogP contribution in [0.5, 0.6) is 0 Å². The molecule has 0 saturated heterocycles. The van der Waals surface area contributed by atoms with E-state index in [0.717, 1.165) is 11.8 Å². The number of fused-ring (bicyclic) bond motifs is 1. The van der Waals surface area contributed by atoms with Crippen LogP contribution in [0.2, 0.25) is 0 Å². The SMILES string of the molecule is CCCC1CCCC2CCCC=C12. The van der Waals surface area contributed by atoms with Gasteiger partial charge in [0, 0.05) is 0 Å². The second-order valence-electron chi connectivity index (χ2n) is 4.75. The minimum Gasteiger partial charge on any atom is -0.0848 e. The molecule has 0 radical (unpaired) electrons. The molecule has 1 saturated carbocycles. The molecule has 0 aromatic carbocycles. The van der Waals surface area contributed by atoms with Crippen molar-refractivity contribution in [2.45, 2.75) is 58.3 Å². The quantitative estimate of drug-likeness (QED) is 0.553. The fourth-order valence-electron chi connectivity index (χ4n) is 3.21. The average molecular weight is 178 g/mol. The van der Waals surface area contributed by atoms with Crippen LogP contribution >= 0.6 is 0 Å². The molecular weight excluding hydrogens is 156 g/mol. The molecule has 0 aromatic heterocycles. The van der Waals surface area contributed by atoms with Crippen molar-refractivity contribution in [3.8, 4) is 0 Å². The van der Waals surface area contributed by atoms with Crippen molar-refractivity contribution >= 4 is 0 Å². The molecule has 74 valence electrons. The van der Waals surface area contributed by atoms with Crippen LogP contribution in [0.25, 0.3) is 0 Å². The van der Waals surface area contributed by atoms with Gasteiger partial charge in [-0.1, -0.05) is 31.4 Å². The maximum Gasteiger partial charge on any atom is -0.0200 e. The topological polar surface area (TPSA) is 0 Å². The Kier molecular flexibility index (Phi) is 3.08. The van der Waals surface area contributed by atoms with Crippen LogP contribution in [-0.4, -0.2) is 0 Å². The Morgan fingerprint density at radius 2 is 2.08 bits per heavy atom. The lowest BCUT2D eigenvalue weighted by atomic mass is 9.71. The number of allylic oxidation sites excluding steroid dienone is 2. The fraction of sp³-hybridized carbons (Fsp3) is 0.846. The molecule has 0 bridgehead atoms. The number of rotatable bonds is 2. The summed E-state index contributed by atoms with van der Waals surface area (Å²) in [7, 11) is 0. The molecule has 0 spiro atoms. The summed E-state index contributed by atoms with van der Waals surface area (Å²) < 4.78 is 0. The van der Waals surface area contributed by atoms with Crippen LogP contribution in [0.3, 0.4) is 0 Å². The Balaban J connectivity index is 2.05. The lowest BCUT2D eigenvalue weighted by Crippen LogP contribution is -2.21. The fourth-order valence-corrected chi connectivity index (χ4v) is 3.21. The highest BCUT2D eigenvalue weighted by Gasteiger charge is 2.27. The molecule has 2 aliphatic rings. The van der Waals surface area contributed by atoms with Crippen LogP contribution < -0.4 is 0 Å². The Bertz CT molecular complexity index is 188. The van der Waals surface area contributed by atoms with Gasteiger partial charge in [-0.2, -0.15) is 0 Å². The second kappa shape index (κ2) is 4.30. The highest BCUT2D eigenvalue weighted by molar-refractivity contribution is 5.15. The van der Waals surface area contributed by atoms with Gasteiger partial charge in [-0.05, 0) is 50.4 Å². The standard InChI is InChI=1S/C13H22/c1-2-6-11-8-5-9-12-7-3-4-10-13(11)12/h10-12H,2-9H2,1H3. The first-order valence-corrected chi connectivity index (χ1v) is 6.11. The summed E-state index contributed by atoms with van der Waals surface area (Å²) in [5.74, 6) is 1.98. The molecule has 13 heavy (non-hydrogen) atoms. The Morgan fingerprint density at radius 3 is 2.92 bits per heavy atom. The molecule has 0 N–H and O–H groups in total. The van der Waals surface area contributed by atoms with Crippen molar-refractivity contribution in [2.75, 3.05) is 0 Å². The van der Waals surface area contributed by atoms with Gasteiger partial charge in [-0.3, -0.25) is 0 Å². The maximum atomic E-state index is 2.58. The molecule has 2 aliphatic carbocycles. The molecule has 0 nitrogen and oxygen atoms in total. The molecular formula is C13H22. The average Bonchev–Trinajstić information content (AvgIpc) is 2.19. The summed E-state index contributed by atoms with van der Waals surface area (Å²) in [6.45, 7) is 2.33. The van der Waals surface area contributed by atoms with Crippen molar-refractivity contribution in [2.24, 2.45) is 11.8 Å². The van der Waals surface area contributed by atoms with Crippen LogP contribution in [0.4, 0.5) is 0 Å². The largest absolute Gasteiger partial charge is 0.0848 e.